The molecule has 0 N–H and O–H groups in total. The van der Waals surface area contributed by atoms with Gasteiger partial charge in [-0.25, -0.2) is 4.98 Å². The van der Waals surface area contributed by atoms with Gasteiger partial charge in [0.25, 0.3) is 0 Å². The first-order valence-electron chi connectivity index (χ1n) is 9.47. The van der Waals surface area contributed by atoms with Crippen molar-refractivity contribution in [1.29, 1.82) is 0 Å². The van der Waals surface area contributed by atoms with Crippen molar-refractivity contribution in [2.24, 2.45) is 0 Å². The first kappa shape index (κ1) is 16.8. The van der Waals surface area contributed by atoms with Gasteiger partial charge in [-0.1, -0.05) is 6.07 Å². The maximum absolute atomic E-state index is 5.42. The molecule has 1 aliphatic heterocycles. The molecule has 1 aromatic carbocycles. The largest absolute Gasteiger partial charge is 0.378 e. The minimum Gasteiger partial charge on any atom is -0.378 e. The van der Waals surface area contributed by atoms with Crippen LogP contribution in [-0.4, -0.2) is 41.3 Å². The second-order valence-corrected chi connectivity index (χ2v) is 6.83. The van der Waals surface area contributed by atoms with Gasteiger partial charge in [0.15, 0.2) is 0 Å². The Kier molecular flexibility index (Phi) is 4.43. The van der Waals surface area contributed by atoms with Gasteiger partial charge in [-0.2, -0.15) is 0 Å². The standard InChI is InChI=1S/C23H20N4O/c1-3-22-21(20(7-10-25-22)17-5-8-24-9-6-17)15-18(1)19-2-4-23(26-16-19)27-11-13-28-14-12-27/h1-10,15-16H,11-14H2. The van der Waals surface area contributed by atoms with Crippen LogP contribution in [0.5, 0.6) is 0 Å². The molecule has 0 aliphatic carbocycles. The van der Waals surface area contributed by atoms with E-state index in [2.05, 4.69) is 56.3 Å². The molecular formula is C23H20N4O. The fraction of sp³-hybridized carbons (Fsp3) is 0.174. The summed E-state index contributed by atoms with van der Waals surface area (Å²) in [6.45, 7) is 3.31. The fourth-order valence-electron chi connectivity index (χ4n) is 3.65. The highest BCUT2D eigenvalue weighted by atomic mass is 16.5. The Labute approximate surface area is 163 Å². The van der Waals surface area contributed by atoms with Crippen molar-refractivity contribution in [3.8, 4) is 22.3 Å². The van der Waals surface area contributed by atoms with E-state index in [1.165, 1.54) is 0 Å². The van der Waals surface area contributed by atoms with Crippen LogP contribution in [0.4, 0.5) is 5.82 Å². The number of pyridine rings is 3. The lowest BCUT2D eigenvalue weighted by Crippen LogP contribution is -2.36. The topological polar surface area (TPSA) is 51.1 Å². The third-order valence-corrected chi connectivity index (χ3v) is 5.15. The van der Waals surface area contributed by atoms with Crippen LogP contribution in [0.3, 0.4) is 0 Å². The Balaban J connectivity index is 1.52. The van der Waals surface area contributed by atoms with Gasteiger partial charge < -0.3 is 9.64 Å². The van der Waals surface area contributed by atoms with E-state index in [1.54, 1.807) is 0 Å². The second kappa shape index (κ2) is 7.37. The second-order valence-electron chi connectivity index (χ2n) is 6.83. The monoisotopic (exact) mass is 368 g/mol. The molecule has 28 heavy (non-hydrogen) atoms. The number of benzene rings is 1. The van der Waals surface area contributed by atoms with Gasteiger partial charge in [0.2, 0.25) is 0 Å². The van der Waals surface area contributed by atoms with E-state index in [-0.39, 0.29) is 0 Å². The molecule has 0 spiro atoms. The van der Waals surface area contributed by atoms with E-state index in [9.17, 15) is 0 Å². The molecule has 4 aromatic rings. The molecule has 5 heteroatoms. The lowest BCUT2D eigenvalue weighted by molar-refractivity contribution is 0.122. The molecule has 0 amide bonds. The van der Waals surface area contributed by atoms with Crippen molar-refractivity contribution in [2.45, 2.75) is 0 Å². The van der Waals surface area contributed by atoms with Crippen LogP contribution in [0.15, 0.2) is 73.3 Å². The third-order valence-electron chi connectivity index (χ3n) is 5.15. The SMILES string of the molecule is c1cc(-c2ccnc3ccc(-c4ccc(N5CCOCC5)nc4)cc23)ccn1. The highest BCUT2D eigenvalue weighted by Crippen LogP contribution is 2.31. The minimum atomic E-state index is 0.763. The number of hydrogen-bond donors (Lipinski definition) is 0. The average molecular weight is 368 g/mol. The molecule has 5 rings (SSSR count). The first-order chi connectivity index (χ1) is 13.9. The van der Waals surface area contributed by atoms with Gasteiger partial charge in [-0.3, -0.25) is 9.97 Å². The predicted octanol–water partition coefficient (Wildman–Crippen LogP) is 4.20. The third kappa shape index (κ3) is 3.21. The summed E-state index contributed by atoms with van der Waals surface area (Å²) in [7, 11) is 0. The van der Waals surface area contributed by atoms with Crippen molar-refractivity contribution in [3.05, 3.63) is 73.3 Å². The fourth-order valence-corrected chi connectivity index (χ4v) is 3.65. The van der Waals surface area contributed by atoms with Crippen LogP contribution in [-0.2, 0) is 4.74 Å². The Morgan fingerprint density at radius 3 is 2.36 bits per heavy atom. The summed E-state index contributed by atoms with van der Waals surface area (Å²) in [5.74, 6) is 1.01. The molecule has 3 aromatic heterocycles. The number of rotatable bonds is 3. The van der Waals surface area contributed by atoms with Crippen LogP contribution >= 0.6 is 0 Å². The Hall–Kier alpha value is -3.31. The zero-order valence-electron chi connectivity index (χ0n) is 15.5. The van der Waals surface area contributed by atoms with Crippen LogP contribution in [0.1, 0.15) is 0 Å². The minimum absolute atomic E-state index is 0.763. The molecule has 0 radical (unpaired) electrons. The van der Waals surface area contributed by atoms with Crippen LogP contribution < -0.4 is 4.90 Å². The summed E-state index contributed by atoms with van der Waals surface area (Å²) >= 11 is 0. The molecule has 0 atom stereocenters. The average Bonchev–Trinajstić information content (AvgIpc) is 2.79. The molecule has 0 bridgehead atoms. The lowest BCUT2D eigenvalue weighted by Gasteiger charge is -2.27. The summed E-state index contributed by atoms with van der Waals surface area (Å²) in [4.78, 5) is 15.6. The van der Waals surface area contributed by atoms with Gasteiger partial charge in [-0.15, -0.1) is 0 Å². The smallest absolute Gasteiger partial charge is 0.128 e. The summed E-state index contributed by atoms with van der Waals surface area (Å²) in [5, 5.41) is 1.13. The number of ether oxygens (including phenoxy) is 1. The predicted molar refractivity (Wildman–Crippen MR) is 111 cm³/mol. The zero-order valence-corrected chi connectivity index (χ0v) is 15.5. The maximum Gasteiger partial charge on any atom is 0.128 e. The summed E-state index contributed by atoms with van der Waals surface area (Å²) in [5.41, 5.74) is 5.52. The maximum atomic E-state index is 5.42. The zero-order chi connectivity index (χ0) is 18.8. The molecule has 0 unspecified atom stereocenters. The lowest BCUT2D eigenvalue weighted by atomic mass is 9.98. The van der Waals surface area contributed by atoms with Crippen molar-refractivity contribution in [3.63, 3.8) is 0 Å². The van der Waals surface area contributed by atoms with Crippen LogP contribution in [0, 0.1) is 0 Å². The summed E-state index contributed by atoms with van der Waals surface area (Å²) in [6, 6.07) is 16.7. The van der Waals surface area contributed by atoms with E-state index in [1.807, 2.05) is 36.9 Å². The Bertz CT molecular complexity index is 1090. The van der Waals surface area contributed by atoms with E-state index < -0.39 is 0 Å². The van der Waals surface area contributed by atoms with Crippen LogP contribution in [0.25, 0.3) is 33.2 Å². The Morgan fingerprint density at radius 2 is 1.57 bits per heavy atom. The number of anilines is 1. The van der Waals surface area contributed by atoms with Crippen molar-refractivity contribution < 1.29 is 4.74 Å². The normalized spacial score (nSPS) is 14.4. The van der Waals surface area contributed by atoms with Gasteiger partial charge in [0.1, 0.15) is 5.82 Å². The van der Waals surface area contributed by atoms with E-state index >= 15 is 0 Å². The molecular weight excluding hydrogens is 348 g/mol. The van der Waals surface area contributed by atoms with E-state index in [0.29, 0.717) is 0 Å². The van der Waals surface area contributed by atoms with Crippen molar-refractivity contribution in [2.75, 3.05) is 31.2 Å². The van der Waals surface area contributed by atoms with Gasteiger partial charge >= 0.3 is 0 Å². The summed E-state index contributed by atoms with van der Waals surface area (Å²) in [6.07, 6.45) is 7.45. The molecule has 1 fully saturated rings. The molecule has 4 heterocycles. The molecule has 1 aliphatic rings. The molecule has 1 saturated heterocycles. The molecule has 5 nitrogen and oxygen atoms in total. The number of nitrogens with zero attached hydrogens (tertiary/aromatic N) is 4. The van der Waals surface area contributed by atoms with Gasteiger partial charge in [-0.05, 0) is 59.2 Å². The quantitative estimate of drug-likeness (QED) is 0.543. The van der Waals surface area contributed by atoms with Crippen molar-refractivity contribution >= 4 is 16.7 Å². The van der Waals surface area contributed by atoms with Gasteiger partial charge in [0.05, 0.1) is 18.7 Å². The molecule has 138 valence electrons. The number of fused-ring (bicyclic) bond motifs is 1. The van der Waals surface area contributed by atoms with Crippen molar-refractivity contribution in [1.82, 2.24) is 15.0 Å². The first-order valence-corrected chi connectivity index (χ1v) is 9.47. The number of morpholine rings is 1. The summed E-state index contributed by atoms with van der Waals surface area (Å²) < 4.78 is 5.42. The highest BCUT2D eigenvalue weighted by Gasteiger charge is 2.12. The Morgan fingerprint density at radius 1 is 0.750 bits per heavy atom. The number of hydrogen-bond acceptors (Lipinski definition) is 5. The van der Waals surface area contributed by atoms with E-state index in [0.717, 1.165) is 65.3 Å². The molecule has 0 saturated carbocycles. The van der Waals surface area contributed by atoms with E-state index in [4.69, 9.17) is 4.74 Å². The van der Waals surface area contributed by atoms with Gasteiger partial charge in [0, 0.05) is 48.8 Å². The van der Waals surface area contributed by atoms with Crippen LogP contribution in [0.2, 0.25) is 0 Å². The number of aromatic nitrogens is 3. The highest BCUT2D eigenvalue weighted by molar-refractivity contribution is 5.96.